The number of nitrogens with one attached hydrogen (secondary N) is 2. The number of likely N-dealkylation sites (N-methyl/N-ethyl adjacent to an activating group) is 1. The van der Waals surface area contributed by atoms with Crippen LogP contribution >= 0.6 is 0 Å². The van der Waals surface area contributed by atoms with Crippen molar-refractivity contribution < 1.29 is 17.9 Å². The van der Waals surface area contributed by atoms with E-state index in [9.17, 15) is 13.2 Å². The van der Waals surface area contributed by atoms with E-state index in [-0.39, 0.29) is 16.8 Å². The van der Waals surface area contributed by atoms with Gasteiger partial charge < -0.3 is 15.0 Å². The second-order valence-electron chi connectivity index (χ2n) is 6.82. The first-order valence-electron chi connectivity index (χ1n) is 8.40. The molecular weight excluding hydrogens is 344 g/mol. The van der Waals surface area contributed by atoms with Gasteiger partial charge in [0.05, 0.1) is 18.9 Å². The van der Waals surface area contributed by atoms with Crippen LogP contribution in [0.15, 0.2) is 29.2 Å². The number of anilines is 1. The highest BCUT2D eigenvalue weighted by Crippen LogP contribution is 2.27. The van der Waals surface area contributed by atoms with Crippen molar-refractivity contribution in [3.8, 4) is 0 Å². The third-order valence-electron chi connectivity index (χ3n) is 5.21. The molecule has 3 aliphatic rings. The van der Waals surface area contributed by atoms with Crippen LogP contribution in [0.25, 0.3) is 0 Å². The number of hydrogen-bond donors (Lipinski definition) is 2. The average Bonchev–Trinajstić information content (AvgIpc) is 2.54. The number of carbonyl (C=O) groups excluding carboxylic acids is 1. The average molecular weight is 366 g/mol. The van der Waals surface area contributed by atoms with Crippen LogP contribution in [0.2, 0.25) is 0 Å². The Hall–Kier alpha value is -1.68. The number of nitrogens with zero attached hydrogens (tertiary/aromatic N) is 2. The molecule has 0 aliphatic carbocycles. The molecule has 2 unspecified atom stereocenters. The van der Waals surface area contributed by atoms with Gasteiger partial charge in [0.15, 0.2) is 6.17 Å². The Balaban J connectivity index is 1.51. The maximum atomic E-state index is 12.9. The summed E-state index contributed by atoms with van der Waals surface area (Å²) in [4.78, 5) is 17.1. The Morgan fingerprint density at radius 3 is 2.72 bits per heavy atom. The van der Waals surface area contributed by atoms with E-state index in [1.165, 1.54) is 6.07 Å². The zero-order valence-corrected chi connectivity index (χ0v) is 14.8. The number of fused-ring (bicyclic) bond motifs is 1. The van der Waals surface area contributed by atoms with Crippen LogP contribution in [0.3, 0.4) is 0 Å². The number of para-hydroxylation sites is 1. The van der Waals surface area contributed by atoms with Gasteiger partial charge in [-0.25, -0.2) is 8.42 Å². The highest BCUT2D eigenvalue weighted by atomic mass is 32.2. The molecule has 8 nitrogen and oxygen atoms in total. The third kappa shape index (κ3) is 3.01. The summed E-state index contributed by atoms with van der Waals surface area (Å²) in [6, 6.07) is 6.85. The molecule has 0 spiro atoms. The summed E-state index contributed by atoms with van der Waals surface area (Å²) in [5, 5.41) is 3.01. The van der Waals surface area contributed by atoms with Crippen molar-refractivity contribution >= 4 is 21.6 Å². The fourth-order valence-corrected chi connectivity index (χ4v) is 4.88. The van der Waals surface area contributed by atoms with Crippen molar-refractivity contribution in [1.29, 1.82) is 0 Å². The summed E-state index contributed by atoms with van der Waals surface area (Å²) in [6.45, 7) is 3.38. The first-order chi connectivity index (χ1) is 12.0. The van der Waals surface area contributed by atoms with Crippen LogP contribution in [0.1, 0.15) is 0 Å². The minimum Gasteiger partial charge on any atom is -0.381 e. The summed E-state index contributed by atoms with van der Waals surface area (Å²) in [5.74, 6) is 0.189. The van der Waals surface area contributed by atoms with Crippen molar-refractivity contribution in [1.82, 2.24) is 14.5 Å². The monoisotopic (exact) mass is 366 g/mol. The first kappa shape index (κ1) is 16.8. The molecule has 0 bridgehead atoms. The lowest BCUT2D eigenvalue weighted by molar-refractivity contribution is -0.139. The van der Waals surface area contributed by atoms with Gasteiger partial charge in [-0.15, -0.1) is 0 Å². The van der Waals surface area contributed by atoms with Crippen LogP contribution in [0, 0.1) is 5.92 Å². The minimum absolute atomic E-state index is 0.168. The lowest BCUT2D eigenvalue weighted by Crippen LogP contribution is -2.63. The van der Waals surface area contributed by atoms with Crippen molar-refractivity contribution in [2.24, 2.45) is 5.92 Å². The molecule has 0 aromatic heterocycles. The van der Waals surface area contributed by atoms with E-state index >= 15 is 0 Å². The van der Waals surface area contributed by atoms with E-state index < -0.39 is 16.2 Å². The lowest BCUT2D eigenvalue weighted by atomic mass is 9.94. The van der Waals surface area contributed by atoms with Gasteiger partial charge in [0, 0.05) is 31.6 Å². The molecule has 3 heterocycles. The standard InChI is InChI=1S/C16H22N4O4S/c1-19-6-7-20(8-13(19)11-9-24-10-11)16(21)15-17-12-4-2-3-5-14(12)25(22,23)18-15/h2-5,11,13,15,17-18H,6-10H2,1H3. The maximum absolute atomic E-state index is 12.9. The predicted molar refractivity (Wildman–Crippen MR) is 91.5 cm³/mol. The second kappa shape index (κ2) is 6.24. The molecule has 25 heavy (non-hydrogen) atoms. The lowest BCUT2D eigenvalue weighted by Gasteiger charge is -2.46. The Labute approximate surface area is 147 Å². The molecule has 2 N–H and O–H groups in total. The fourth-order valence-electron chi connectivity index (χ4n) is 3.60. The molecule has 2 atom stereocenters. The Kier molecular flexibility index (Phi) is 4.19. The van der Waals surface area contributed by atoms with E-state index in [4.69, 9.17) is 4.74 Å². The Bertz CT molecular complexity index is 778. The predicted octanol–water partition coefficient (Wildman–Crippen LogP) is -0.494. The van der Waals surface area contributed by atoms with Gasteiger partial charge in [-0.1, -0.05) is 12.1 Å². The molecule has 1 amide bonds. The normalized spacial score (nSPS) is 29.4. The van der Waals surface area contributed by atoms with Crippen molar-refractivity contribution in [2.75, 3.05) is 45.2 Å². The van der Waals surface area contributed by atoms with Gasteiger partial charge in [0.1, 0.15) is 4.90 Å². The summed E-state index contributed by atoms with van der Waals surface area (Å²) in [7, 11) is -1.64. The van der Waals surface area contributed by atoms with E-state index in [1.807, 2.05) is 0 Å². The summed E-state index contributed by atoms with van der Waals surface area (Å²) < 4.78 is 32.5. The van der Waals surface area contributed by atoms with Gasteiger partial charge in [0.2, 0.25) is 10.0 Å². The number of benzene rings is 1. The number of carbonyl (C=O) groups is 1. The van der Waals surface area contributed by atoms with Crippen LogP contribution in [0.5, 0.6) is 0 Å². The topological polar surface area (TPSA) is 91.0 Å². The van der Waals surface area contributed by atoms with Crippen molar-refractivity contribution in [2.45, 2.75) is 17.1 Å². The fraction of sp³-hybridized carbons (Fsp3) is 0.562. The van der Waals surface area contributed by atoms with Gasteiger partial charge in [-0.05, 0) is 19.2 Å². The zero-order chi connectivity index (χ0) is 17.6. The summed E-state index contributed by atoms with van der Waals surface area (Å²) in [5.41, 5.74) is 0.456. The first-order valence-corrected chi connectivity index (χ1v) is 9.89. The highest BCUT2D eigenvalue weighted by Gasteiger charge is 2.40. The van der Waals surface area contributed by atoms with Crippen molar-refractivity contribution in [3.05, 3.63) is 24.3 Å². The quantitative estimate of drug-likeness (QED) is 0.734. The molecule has 2 fully saturated rings. The molecule has 0 saturated carbocycles. The third-order valence-corrected chi connectivity index (χ3v) is 6.69. The van der Waals surface area contributed by atoms with Crippen LogP contribution in [0.4, 0.5) is 5.69 Å². The zero-order valence-electron chi connectivity index (χ0n) is 14.0. The minimum atomic E-state index is -3.70. The molecule has 0 radical (unpaired) electrons. The SMILES string of the molecule is CN1CCN(C(=O)C2Nc3ccccc3S(=O)(=O)N2)CC1C1COC1. The van der Waals surface area contributed by atoms with Gasteiger partial charge in [-0.2, -0.15) is 4.72 Å². The molecule has 4 rings (SSSR count). The van der Waals surface area contributed by atoms with Gasteiger partial charge in [0.25, 0.3) is 5.91 Å². The number of hydrogen-bond acceptors (Lipinski definition) is 6. The number of ether oxygens (including phenoxy) is 1. The highest BCUT2D eigenvalue weighted by molar-refractivity contribution is 7.89. The Morgan fingerprint density at radius 2 is 2.00 bits per heavy atom. The summed E-state index contributed by atoms with van der Waals surface area (Å²) >= 11 is 0. The second-order valence-corrected chi connectivity index (χ2v) is 8.51. The molecular formula is C16H22N4O4S. The van der Waals surface area contributed by atoms with Gasteiger partial charge >= 0.3 is 0 Å². The Morgan fingerprint density at radius 1 is 1.24 bits per heavy atom. The molecule has 1 aromatic carbocycles. The molecule has 2 saturated heterocycles. The van der Waals surface area contributed by atoms with E-state index in [0.29, 0.717) is 24.7 Å². The van der Waals surface area contributed by atoms with Crippen LogP contribution < -0.4 is 10.0 Å². The number of sulfonamides is 1. The van der Waals surface area contributed by atoms with Crippen LogP contribution in [-0.4, -0.2) is 76.2 Å². The smallest absolute Gasteiger partial charge is 0.261 e. The number of piperazine rings is 1. The number of rotatable bonds is 2. The molecule has 3 aliphatic heterocycles. The van der Waals surface area contributed by atoms with E-state index in [1.54, 1.807) is 23.1 Å². The number of amides is 1. The summed E-state index contributed by atoms with van der Waals surface area (Å²) in [6.07, 6.45) is -0.971. The molecule has 9 heteroatoms. The maximum Gasteiger partial charge on any atom is 0.261 e. The van der Waals surface area contributed by atoms with E-state index in [0.717, 1.165) is 19.8 Å². The largest absolute Gasteiger partial charge is 0.381 e. The van der Waals surface area contributed by atoms with Crippen molar-refractivity contribution in [3.63, 3.8) is 0 Å². The van der Waals surface area contributed by atoms with Gasteiger partial charge in [-0.3, -0.25) is 9.69 Å². The molecule has 136 valence electrons. The van der Waals surface area contributed by atoms with E-state index in [2.05, 4.69) is 22.0 Å². The molecule has 1 aromatic rings. The van der Waals surface area contributed by atoms with Crippen LogP contribution in [-0.2, 0) is 19.6 Å².